The molecular weight excluding hydrogens is 392 g/mol. The van der Waals surface area contributed by atoms with Crippen LogP contribution in [0.3, 0.4) is 0 Å². The standard InChI is InChI=1S/C21H25BrN2O2/c1-16(26-20-11-7-18(22)8-12-20)21(25)23-15-17-5-9-19(10-6-17)24-13-3-2-4-14-24/h5-12,16H,2-4,13-15H2,1H3,(H,23,25)/t16-/m1/s1. The van der Waals surface area contributed by atoms with Crippen LogP contribution in [-0.2, 0) is 11.3 Å². The lowest BCUT2D eigenvalue weighted by atomic mass is 10.1. The van der Waals surface area contributed by atoms with Gasteiger partial charge in [0, 0.05) is 29.8 Å². The molecule has 0 radical (unpaired) electrons. The molecule has 2 aromatic rings. The van der Waals surface area contributed by atoms with E-state index in [0.29, 0.717) is 12.3 Å². The summed E-state index contributed by atoms with van der Waals surface area (Å²) >= 11 is 3.38. The van der Waals surface area contributed by atoms with Gasteiger partial charge in [0.05, 0.1) is 0 Å². The van der Waals surface area contributed by atoms with Crippen LogP contribution in [0.1, 0.15) is 31.7 Å². The number of benzene rings is 2. The van der Waals surface area contributed by atoms with Crippen LogP contribution in [0.5, 0.6) is 5.75 Å². The van der Waals surface area contributed by atoms with E-state index in [2.05, 4.69) is 50.4 Å². The Hall–Kier alpha value is -2.01. The molecule has 0 aliphatic carbocycles. The maximum Gasteiger partial charge on any atom is 0.261 e. The van der Waals surface area contributed by atoms with Gasteiger partial charge in [-0.1, -0.05) is 28.1 Å². The van der Waals surface area contributed by atoms with Gasteiger partial charge < -0.3 is 15.0 Å². The maximum atomic E-state index is 12.2. The molecule has 1 heterocycles. The Morgan fingerprint density at radius 1 is 1.08 bits per heavy atom. The molecule has 1 fully saturated rings. The molecule has 0 aromatic heterocycles. The Morgan fingerprint density at radius 2 is 1.73 bits per heavy atom. The number of ether oxygens (including phenoxy) is 1. The average Bonchev–Trinajstić information content (AvgIpc) is 2.69. The highest BCUT2D eigenvalue weighted by Crippen LogP contribution is 2.20. The summed E-state index contributed by atoms with van der Waals surface area (Å²) in [5.41, 5.74) is 2.36. The molecule has 1 atom stereocenters. The van der Waals surface area contributed by atoms with Crippen molar-refractivity contribution in [1.29, 1.82) is 0 Å². The van der Waals surface area contributed by atoms with Crippen molar-refractivity contribution < 1.29 is 9.53 Å². The van der Waals surface area contributed by atoms with E-state index in [9.17, 15) is 4.79 Å². The van der Waals surface area contributed by atoms with Crippen molar-refractivity contribution >= 4 is 27.5 Å². The van der Waals surface area contributed by atoms with Crippen LogP contribution in [0.2, 0.25) is 0 Å². The fraction of sp³-hybridized carbons (Fsp3) is 0.381. The van der Waals surface area contributed by atoms with Crippen LogP contribution < -0.4 is 15.0 Å². The number of nitrogens with one attached hydrogen (secondary N) is 1. The number of rotatable bonds is 6. The maximum absolute atomic E-state index is 12.2. The van der Waals surface area contributed by atoms with Crippen LogP contribution in [-0.4, -0.2) is 25.1 Å². The molecule has 1 aliphatic heterocycles. The van der Waals surface area contributed by atoms with E-state index in [-0.39, 0.29) is 5.91 Å². The molecule has 0 spiro atoms. The molecule has 1 saturated heterocycles. The number of nitrogens with zero attached hydrogens (tertiary/aromatic N) is 1. The molecule has 0 bridgehead atoms. The summed E-state index contributed by atoms with van der Waals surface area (Å²) in [6.45, 7) is 4.55. The van der Waals surface area contributed by atoms with E-state index in [1.807, 2.05) is 24.3 Å². The van der Waals surface area contributed by atoms with Gasteiger partial charge in [0.2, 0.25) is 0 Å². The third-order valence-electron chi connectivity index (χ3n) is 4.62. The highest BCUT2D eigenvalue weighted by atomic mass is 79.9. The van der Waals surface area contributed by atoms with Gasteiger partial charge in [-0.3, -0.25) is 4.79 Å². The monoisotopic (exact) mass is 416 g/mol. The van der Waals surface area contributed by atoms with Gasteiger partial charge >= 0.3 is 0 Å². The van der Waals surface area contributed by atoms with Gasteiger partial charge in [-0.2, -0.15) is 0 Å². The minimum Gasteiger partial charge on any atom is -0.481 e. The normalized spacial score (nSPS) is 15.4. The third kappa shape index (κ3) is 5.24. The Balaban J connectivity index is 1.48. The van der Waals surface area contributed by atoms with Gasteiger partial charge in [0.1, 0.15) is 5.75 Å². The van der Waals surface area contributed by atoms with Crippen molar-refractivity contribution in [2.24, 2.45) is 0 Å². The predicted octanol–water partition coefficient (Wildman–Crippen LogP) is 4.52. The van der Waals surface area contributed by atoms with E-state index in [1.165, 1.54) is 24.9 Å². The Morgan fingerprint density at radius 3 is 2.38 bits per heavy atom. The number of hydrogen-bond acceptors (Lipinski definition) is 3. The zero-order valence-electron chi connectivity index (χ0n) is 15.1. The first-order valence-electron chi connectivity index (χ1n) is 9.15. The van der Waals surface area contributed by atoms with Gasteiger partial charge in [0.15, 0.2) is 6.10 Å². The fourth-order valence-electron chi connectivity index (χ4n) is 3.08. The van der Waals surface area contributed by atoms with E-state index >= 15 is 0 Å². The summed E-state index contributed by atoms with van der Waals surface area (Å²) in [7, 11) is 0. The molecule has 0 unspecified atom stereocenters. The summed E-state index contributed by atoms with van der Waals surface area (Å²) in [5, 5.41) is 2.94. The molecule has 0 saturated carbocycles. The number of anilines is 1. The predicted molar refractivity (Wildman–Crippen MR) is 109 cm³/mol. The summed E-state index contributed by atoms with van der Waals surface area (Å²) in [6.07, 6.45) is 3.34. The highest BCUT2D eigenvalue weighted by molar-refractivity contribution is 9.10. The number of carbonyl (C=O) groups is 1. The average molecular weight is 417 g/mol. The minimum atomic E-state index is -0.538. The molecule has 138 valence electrons. The highest BCUT2D eigenvalue weighted by Gasteiger charge is 2.15. The summed E-state index contributed by atoms with van der Waals surface area (Å²) < 4.78 is 6.66. The smallest absolute Gasteiger partial charge is 0.261 e. The fourth-order valence-corrected chi connectivity index (χ4v) is 3.34. The van der Waals surface area contributed by atoms with E-state index in [1.54, 1.807) is 6.92 Å². The Labute approximate surface area is 163 Å². The summed E-state index contributed by atoms with van der Waals surface area (Å²) in [5.74, 6) is 0.565. The van der Waals surface area contributed by atoms with E-state index in [0.717, 1.165) is 23.1 Å². The Bertz CT molecular complexity index is 710. The van der Waals surface area contributed by atoms with Gasteiger partial charge in [-0.15, -0.1) is 0 Å². The first-order valence-corrected chi connectivity index (χ1v) is 9.95. The van der Waals surface area contributed by atoms with Crippen molar-refractivity contribution in [3.05, 3.63) is 58.6 Å². The quantitative estimate of drug-likeness (QED) is 0.752. The number of amides is 1. The van der Waals surface area contributed by atoms with Crippen molar-refractivity contribution in [3.63, 3.8) is 0 Å². The van der Waals surface area contributed by atoms with Gasteiger partial charge in [-0.05, 0) is 68.1 Å². The van der Waals surface area contributed by atoms with Gasteiger partial charge in [0.25, 0.3) is 5.91 Å². The van der Waals surface area contributed by atoms with Crippen LogP contribution in [0.15, 0.2) is 53.0 Å². The third-order valence-corrected chi connectivity index (χ3v) is 5.15. The van der Waals surface area contributed by atoms with E-state index < -0.39 is 6.10 Å². The lowest BCUT2D eigenvalue weighted by Crippen LogP contribution is -2.35. The van der Waals surface area contributed by atoms with Crippen LogP contribution in [0.25, 0.3) is 0 Å². The van der Waals surface area contributed by atoms with Crippen molar-refractivity contribution in [1.82, 2.24) is 5.32 Å². The lowest BCUT2D eigenvalue weighted by Gasteiger charge is -2.28. The minimum absolute atomic E-state index is 0.118. The topological polar surface area (TPSA) is 41.6 Å². The molecule has 1 aliphatic rings. The Kier molecular flexibility index (Phi) is 6.56. The van der Waals surface area contributed by atoms with Crippen LogP contribution >= 0.6 is 15.9 Å². The zero-order valence-corrected chi connectivity index (χ0v) is 16.7. The lowest BCUT2D eigenvalue weighted by molar-refractivity contribution is -0.127. The summed E-state index contributed by atoms with van der Waals surface area (Å²) in [4.78, 5) is 14.7. The van der Waals surface area contributed by atoms with Crippen molar-refractivity contribution in [3.8, 4) is 5.75 Å². The number of piperidine rings is 1. The van der Waals surface area contributed by atoms with Crippen molar-refractivity contribution in [2.45, 2.75) is 38.8 Å². The molecule has 3 rings (SSSR count). The number of halogens is 1. The zero-order chi connectivity index (χ0) is 18.4. The SMILES string of the molecule is C[C@@H](Oc1ccc(Br)cc1)C(=O)NCc1ccc(N2CCCCC2)cc1. The number of hydrogen-bond donors (Lipinski definition) is 1. The van der Waals surface area contributed by atoms with Crippen LogP contribution in [0, 0.1) is 0 Å². The molecule has 1 amide bonds. The molecule has 2 aromatic carbocycles. The molecule has 26 heavy (non-hydrogen) atoms. The molecule has 1 N–H and O–H groups in total. The first-order chi connectivity index (χ1) is 12.6. The largest absolute Gasteiger partial charge is 0.481 e. The molecular formula is C21H25BrN2O2. The summed E-state index contributed by atoms with van der Waals surface area (Å²) in [6, 6.07) is 15.9. The van der Waals surface area contributed by atoms with Gasteiger partial charge in [-0.25, -0.2) is 0 Å². The van der Waals surface area contributed by atoms with Crippen molar-refractivity contribution in [2.75, 3.05) is 18.0 Å². The van der Waals surface area contributed by atoms with E-state index in [4.69, 9.17) is 4.74 Å². The second-order valence-electron chi connectivity index (χ2n) is 6.65. The molecule has 4 nitrogen and oxygen atoms in total. The first kappa shape index (κ1) is 18.8. The molecule has 5 heteroatoms. The second-order valence-corrected chi connectivity index (χ2v) is 7.56. The number of carbonyl (C=O) groups excluding carboxylic acids is 1. The van der Waals surface area contributed by atoms with Crippen LogP contribution in [0.4, 0.5) is 5.69 Å². The second kappa shape index (κ2) is 9.08.